The average Bonchev–Trinajstić information content (AvgIpc) is 2.48. The molecule has 21 heavy (non-hydrogen) atoms. The average molecular weight is 285 g/mol. The topological polar surface area (TPSA) is 58.4 Å². The zero-order chi connectivity index (χ0) is 15.2. The minimum atomic E-state index is -0.372. The van der Waals surface area contributed by atoms with Gasteiger partial charge in [0.15, 0.2) is 0 Å². The predicted molar refractivity (Wildman–Crippen MR) is 84.4 cm³/mol. The number of rotatable bonds is 6. The number of hydrogen-bond donors (Lipinski definition) is 1. The molecule has 5 heteroatoms. The summed E-state index contributed by atoms with van der Waals surface area (Å²) in [5, 5.41) is 14.0. The van der Waals surface area contributed by atoms with Crippen LogP contribution in [0.2, 0.25) is 0 Å². The van der Waals surface area contributed by atoms with Crippen molar-refractivity contribution in [2.45, 2.75) is 13.1 Å². The van der Waals surface area contributed by atoms with Crippen molar-refractivity contribution in [3.8, 4) is 0 Å². The molecule has 110 valence electrons. The van der Waals surface area contributed by atoms with Crippen molar-refractivity contribution < 1.29 is 4.92 Å². The van der Waals surface area contributed by atoms with E-state index >= 15 is 0 Å². The third-order valence-electron chi connectivity index (χ3n) is 3.23. The molecule has 5 nitrogen and oxygen atoms in total. The SMILES string of the molecule is CN(C)c1ccc(CNCc2cccc([N+](=O)[O-])c2)cc1. The van der Waals surface area contributed by atoms with Crippen molar-refractivity contribution in [3.05, 3.63) is 69.8 Å². The molecule has 0 aliphatic rings. The molecule has 0 aliphatic heterocycles. The molecule has 1 N–H and O–H groups in total. The van der Waals surface area contributed by atoms with E-state index in [-0.39, 0.29) is 10.6 Å². The van der Waals surface area contributed by atoms with E-state index in [9.17, 15) is 10.1 Å². The molecule has 0 amide bonds. The molecule has 2 aromatic carbocycles. The lowest BCUT2D eigenvalue weighted by Crippen LogP contribution is -2.13. The second-order valence-electron chi connectivity index (χ2n) is 5.09. The standard InChI is InChI=1S/C16H19N3O2/c1-18(2)15-8-6-13(7-9-15)11-17-12-14-4-3-5-16(10-14)19(20)21/h3-10,17H,11-12H2,1-2H3. The number of non-ortho nitro benzene ring substituents is 1. The molecule has 0 unspecified atom stereocenters. The molecular weight excluding hydrogens is 266 g/mol. The largest absolute Gasteiger partial charge is 0.378 e. The van der Waals surface area contributed by atoms with E-state index in [1.807, 2.05) is 20.2 Å². The highest BCUT2D eigenvalue weighted by Gasteiger charge is 2.05. The van der Waals surface area contributed by atoms with Crippen molar-refractivity contribution in [3.63, 3.8) is 0 Å². The van der Waals surface area contributed by atoms with Gasteiger partial charge in [-0.25, -0.2) is 0 Å². The molecule has 0 fully saturated rings. The Morgan fingerprint density at radius 3 is 2.33 bits per heavy atom. The van der Waals surface area contributed by atoms with Crippen molar-refractivity contribution in [2.75, 3.05) is 19.0 Å². The summed E-state index contributed by atoms with van der Waals surface area (Å²) in [6, 6.07) is 15.0. The Hall–Kier alpha value is -2.40. The fourth-order valence-electron chi connectivity index (χ4n) is 2.04. The van der Waals surface area contributed by atoms with Crippen molar-refractivity contribution in [1.82, 2.24) is 5.32 Å². The van der Waals surface area contributed by atoms with Gasteiger partial charge in [0.1, 0.15) is 0 Å². The van der Waals surface area contributed by atoms with Gasteiger partial charge in [0.25, 0.3) is 5.69 Å². The Morgan fingerprint density at radius 2 is 1.71 bits per heavy atom. The van der Waals surface area contributed by atoms with Crippen LogP contribution in [-0.4, -0.2) is 19.0 Å². The van der Waals surface area contributed by atoms with E-state index in [2.05, 4.69) is 34.5 Å². The van der Waals surface area contributed by atoms with Crippen LogP contribution >= 0.6 is 0 Å². The molecule has 0 atom stereocenters. The first-order valence-electron chi connectivity index (χ1n) is 6.76. The van der Waals surface area contributed by atoms with Crippen LogP contribution in [-0.2, 0) is 13.1 Å². The summed E-state index contributed by atoms with van der Waals surface area (Å²) in [4.78, 5) is 12.4. The second kappa shape index (κ2) is 6.85. The van der Waals surface area contributed by atoms with Gasteiger partial charge in [-0.3, -0.25) is 10.1 Å². The lowest BCUT2D eigenvalue weighted by atomic mass is 10.1. The number of nitrogens with one attached hydrogen (secondary N) is 1. The summed E-state index contributed by atoms with van der Waals surface area (Å²) < 4.78 is 0. The van der Waals surface area contributed by atoms with Crippen LogP contribution in [0.4, 0.5) is 11.4 Å². The molecular formula is C16H19N3O2. The van der Waals surface area contributed by atoms with Gasteiger partial charge < -0.3 is 10.2 Å². The normalized spacial score (nSPS) is 10.4. The molecule has 2 aromatic rings. The van der Waals surface area contributed by atoms with Crippen LogP contribution in [0.5, 0.6) is 0 Å². The summed E-state index contributed by atoms with van der Waals surface area (Å²) in [5.41, 5.74) is 3.39. The van der Waals surface area contributed by atoms with Gasteiger partial charge in [-0.05, 0) is 23.3 Å². The number of hydrogen-bond acceptors (Lipinski definition) is 4. The van der Waals surface area contributed by atoms with E-state index in [0.717, 1.165) is 17.8 Å². The van der Waals surface area contributed by atoms with E-state index < -0.39 is 0 Å². The van der Waals surface area contributed by atoms with Crippen LogP contribution in [0.1, 0.15) is 11.1 Å². The maximum Gasteiger partial charge on any atom is 0.269 e. The number of nitro groups is 1. The van der Waals surface area contributed by atoms with Crippen LogP contribution in [0, 0.1) is 10.1 Å². The lowest BCUT2D eigenvalue weighted by Gasteiger charge is -2.13. The van der Waals surface area contributed by atoms with Gasteiger partial charge in [-0.1, -0.05) is 24.3 Å². The minimum Gasteiger partial charge on any atom is -0.378 e. The highest BCUT2D eigenvalue weighted by atomic mass is 16.6. The van der Waals surface area contributed by atoms with Crippen molar-refractivity contribution in [1.29, 1.82) is 0 Å². The quantitative estimate of drug-likeness (QED) is 0.655. The summed E-state index contributed by atoms with van der Waals surface area (Å²) in [6.45, 7) is 1.34. The monoisotopic (exact) mass is 285 g/mol. The molecule has 2 rings (SSSR count). The van der Waals surface area contributed by atoms with E-state index in [1.165, 1.54) is 11.6 Å². The maximum absolute atomic E-state index is 10.7. The highest BCUT2D eigenvalue weighted by Crippen LogP contribution is 2.14. The number of benzene rings is 2. The third-order valence-corrected chi connectivity index (χ3v) is 3.23. The first kappa shape index (κ1) is 15.0. The zero-order valence-corrected chi connectivity index (χ0v) is 12.2. The van der Waals surface area contributed by atoms with Gasteiger partial charge in [-0.2, -0.15) is 0 Å². The van der Waals surface area contributed by atoms with Crippen LogP contribution in [0.3, 0.4) is 0 Å². The Labute approximate surface area is 124 Å². The van der Waals surface area contributed by atoms with E-state index in [4.69, 9.17) is 0 Å². The predicted octanol–water partition coefficient (Wildman–Crippen LogP) is 2.95. The minimum absolute atomic E-state index is 0.129. The highest BCUT2D eigenvalue weighted by molar-refractivity contribution is 5.46. The first-order valence-corrected chi connectivity index (χ1v) is 6.76. The van der Waals surface area contributed by atoms with Gasteiger partial charge in [0.05, 0.1) is 4.92 Å². The number of nitro benzene ring substituents is 1. The molecule has 0 aliphatic carbocycles. The molecule has 0 aromatic heterocycles. The van der Waals surface area contributed by atoms with Gasteiger partial charge in [0, 0.05) is 45.0 Å². The molecule has 0 spiro atoms. The maximum atomic E-state index is 10.7. The van der Waals surface area contributed by atoms with Crippen LogP contribution in [0.15, 0.2) is 48.5 Å². The number of anilines is 1. The van der Waals surface area contributed by atoms with Crippen molar-refractivity contribution >= 4 is 11.4 Å². The first-order chi connectivity index (χ1) is 10.1. The summed E-state index contributed by atoms with van der Waals surface area (Å²) in [7, 11) is 4.02. The molecule has 0 heterocycles. The van der Waals surface area contributed by atoms with E-state index in [0.29, 0.717) is 6.54 Å². The van der Waals surface area contributed by atoms with Crippen LogP contribution < -0.4 is 10.2 Å². The third kappa shape index (κ3) is 4.29. The summed E-state index contributed by atoms with van der Waals surface area (Å²) >= 11 is 0. The lowest BCUT2D eigenvalue weighted by molar-refractivity contribution is -0.384. The Balaban J connectivity index is 1.89. The zero-order valence-electron chi connectivity index (χ0n) is 12.2. The van der Waals surface area contributed by atoms with Crippen molar-refractivity contribution in [2.24, 2.45) is 0 Å². The van der Waals surface area contributed by atoms with Gasteiger partial charge >= 0.3 is 0 Å². The van der Waals surface area contributed by atoms with Gasteiger partial charge in [-0.15, -0.1) is 0 Å². The van der Waals surface area contributed by atoms with Gasteiger partial charge in [0.2, 0.25) is 0 Å². The Kier molecular flexibility index (Phi) is 4.90. The summed E-state index contributed by atoms with van der Waals surface area (Å²) in [6.07, 6.45) is 0. The summed E-state index contributed by atoms with van der Waals surface area (Å²) in [5.74, 6) is 0. The molecule has 0 radical (unpaired) electrons. The fourth-order valence-corrected chi connectivity index (χ4v) is 2.04. The fraction of sp³-hybridized carbons (Fsp3) is 0.250. The Morgan fingerprint density at radius 1 is 1.05 bits per heavy atom. The molecule has 0 bridgehead atoms. The number of nitrogens with zero attached hydrogens (tertiary/aromatic N) is 2. The van der Waals surface area contributed by atoms with E-state index in [1.54, 1.807) is 12.1 Å². The second-order valence-corrected chi connectivity index (χ2v) is 5.09. The molecule has 0 saturated heterocycles. The molecule has 0 saturated carbocycles. The smallest absolute Gasteiger partial charge is 0.269 e. The van der Waals surface area contributed by atoms with Crippen LogP contribution in [0.25, 0.3) is 0 Å². The Bertz CT molecular complexity index is 609.